The minimum Gasteiger partial charge on any atom is -0.135 e. The summed E-state index contributed by atoms with van der Waals surface area (Å²) in [7, 11) is 0. The van der Waals surface area contributed by atoms with Crippen molar-refractivity contribution in [3.05, 3.63) is 129 Å². The average Bonchev–Trinajstić information content (AvgIpc) is 3.76. The Morgan fingerprint density at radius 1 is 0.825 bits per heavy atom. The van der Waals surface area contributed by atoms with Gasteiger partial charge in [-0.15, -0.1) is 23.1 Å². The third-order valence-electron chi connectivity index (χ3n) is 10.2. The maximum absolute atomic E-state index is 2.60. The van der Waals surface area contributed by atoms with Gasteiger partial charge in [-0.05, 0) is 92.3 Å². The summed E-state index contributed by atoms with van der Waals surface area (Å²) < 4.78 is 0. The Kier molecular flexibility index (Phi) is 4.54. The van der Waals surface area contributed by atoms with Crippen LogP contribution in [0.2, 0.25) is 0 Å². The predicted octanol–water partition coefficient (Wildman–Crippen LogP) is 8.81. The second-order valence-electron chi connectivity index (χ2n) is 12.1. The summed E-state index contributed by atoms with van der Waals surface area (Å²) in [5.74, 6) is 1.71. The SMILES string of the molecule is C1=CC2C=CCCC2C(c2cc3c(s2)-c2ccc4c5c2=C3CCC=5C2SC(c3cccc5ccccc35)=CC42)=C1. The fraction of sp³-hybridized carbons (Fsp3) is 0.211. The van der Waals surface area contributed by atoms with Crippen LogP contribution in [0.1, 0.15) is 53.2 Å². The van der Waals surface area contributed by atoms with Crippen LogP contribution < -0.4 is 10.4 Å². The van der Waals surface area contributed by atoms with E-state index in [-0.39, 0.29) is 0 Å². The van der Waals surface area contributed by atoms with E-state index in [0.29, 0.717) is 23.0 Å². The Labute approximate surface area is 242 Å². The highest BCUT2D eigenvalue weighted by atomic mass is 32.2. The van der Waals surface area contributed by atoms with Crippen molar-refractivity contribution in [2.24, 2.45) is 11.8 Å². The van der Waals surface area contributed by atoms with Crippen molar-refractivity contribution in [3.63, 3.8) is 0 Å². The molecule has 10 rings (SSSR count). The number of benzene rings is 3. The number of hydrogen-bond acceptors (Lipinski definition) is 2. The summed E-state index contributed by atoms with van der Waals surface area (Å²) in [6.45, 7) is 0. The zero-order valence-corrected chi connectivity index (χ0v) is 23.8. The van der Waals surface area contributed by atoms with Crippen molar-refractivity contribution < 1.29 is 0 Å². The van der Waals surface area contributed by atoms with Crippen molar-refractivity contribution in [2.45, 2.75) is 36.9 Å². The van der Waals surface area contributed by atoms with Crippen molar-refractivity contribution in [2.75, 3.05) is 0 Å². The summed E-state index contributed by atoms with van der Waals surface area (Å²) in [6, 6.07) is 23.2. The largest absolute Gasteiger partial charge is 0.135 e. The zero-order chi connectivity index (χ0) is 25.9. The van der Waals surface area contributed by atoms with Gasteiger partial charge in [0.15, 0.2) is 0 Å². The van der Waals surface area contributed by atoms with E-state index in [1.165, 1.54) is 67.8 Å². The highest BCUT2D eigenvalue weighted by Gasteiger charge is 2.42. The summed E-state index contributed by atoms with van der Waals surface area (Å²) >= 11 is 4.18. The second-order valence-corrected chi connectivity index (χ2v) is 14.4. The molecule has 6 aliphatic rings. The Hall–Kier alpha value is -3.33. The van der Waals surface area contributed by atoms with Gasteiger partial charge in [-0.3, -0.25) is 0 Å². The smallest absolute Gasteiger partial charge is 0.0430 e. The molecule has 0 N–H and O–H groups in total. The molecule has 0 amide bonds. The molecule has 0 radical (unpaired) electrons. The van der Waals surface area contributed by atoms with Gasteiger partial charge in [-0.2, -0.15) is 0 Å². The fourth-order valence-corrected chi connectivity index (χ4v) is 11.4. The van der Waals surface area contributed by atoms with Crippen LogP contribution in [0, 0.1) is 11.8 Å². The standard InChI is InChI=1S/C38H28S2/c1-3-11-23-21(7-1)9-5-13-25(23)33-19-31-27-15-18-30-36-28(16-17-29(35(27)36)37(31)39-33)32-20-34(40-38(30)32)26-14-6-10-22-8-2-4-12-24(22)26/h1-3,5-11,13-15,18-20,22,24,31,37H,4,12,16-17H2. The third-order valence-corrected chi connectivity index (χ3v) is 12.9. The molecule has 0 bridgehead atoms. The number of rotatable bonds is 2. The summed E-state index contributed by atoms with van der Waals surface area (Å²) in [5.41, 5.74) is 10.9. The first-order valence-electron chi connectivity index (χ1n) is 14.8. The molecule has 4 atom stereocenters. The number of thiophene rings is 1. The van der Waals surface area contributed by atoms with Crippen LogP contribution in [0.3, 0.4) is 0 Å². The van der Waals surface area contributed by atoms with Gasteiger partial charge in [-0.1, -0.05) is 91.1 Å². The molecular weight excluding hydrogens is 521 g/mol. The molecular formula is C38H28S2. The Morgan fingerprint density at radius 3 is 2.77 bits per heavy atom. The van der Waals surface area contributed by atoms with E-state index < -0.39 is 0 Å². The van der Waals surface area contributed by atoms with Crippen LogP contribution in [-0.2, 0) is 0 Å². The molecule has 0 fully saturated rings. The molecule has 1 aliphatic heterocycles. The van der Waals surface area contributed by atoms with E-state index in [1.807, 2.05) is 0 Å². The van der Waals surface area contributed by atoms with E-state index in [9.17, 15) is 0 Å². The molecule has 3 aromatic carbocycles. The maximum atomic E-state index is 2.60. The summed E-state index contributed by atoms with van der Waals surface area (Å²) in [6.07, 6.45) is 19.4. The van der Waals surface area contributed by atoms with Crippen LogP contribution in [-0.4, -0.2) is 5.25 Å². The van der Waals surface area contributed by atoms with Crippen LogP contribution in [0.4, 0.5) is 0 Å². The fourth-order valence-electron chi connectivity index (χ4n) is 8.49. The minimum atomic E-state index is 0.498. The molecule has 40 heavy (non-hydrogen) atoms. The lowest BCUT2D eigenvalue weighted by Crippen LogP contribution is -2.33. The number of fused-ring (bicyclic) bond motifs is 8. The van der Waals surface area contributed by atoms with Gasteiger partial charge in [0.1, 0.15) is 0 Å². The zero-order valence-electron chi connectivity index (χ0n) is 22.2. The van der Waals surface area contributed by atoms with E-state index in [2.05, 4.69) is 120 Å². The Bertz CT molecular complexity index is 2050. The highest BCUT2D eigenvalue weighted by Crippen LogP contribution is 2.55. The molecule has 2 heterocycles. The first-order valence-corrected chi connectivity index (χ1v) is 16.5. The lowest BCUT2D eigenvalue weighted by Gasteiger charge is -2.29. The molecule has 1 aromatic heterocycles. The van der Waals surface area contributed by atoms with E-state index >= 15 is 0 Å². The number of thioether (sulfide) groups is 1. The molecule has 0 saturated carbocycles. The first kappa shape index (κ1) is 22.4. The third kappa shape index (κ3) is 2.89. The highest BCUT2D eigenvalue weighted by molar-refractivity contribution is 8.09. The van der Waals surface area contributed by atoms with E-state index in [4.69, 9.17) is 0 Å². The topological polar surface area (TPSA) is 0 Å². The molecule has 2 heteroatoms. The van der Waals surface area contributed by atoms with E-state index in [0.717, 1.165) is 0 Å². The van der Waals surface area contributed by atoms with Crippen molar-refractivity contribution in [3.8, 4) is 10.4 Å². The van der Waals surface area contributed by atoms with Crippen molar-refractivity contribution in [1.82, 2.24) is 0 Å². The number of hydrogen-bond donors (Lipinski definition) is 0. The Balaban J connectivity index is 1.08. The van der Waals surface area contributed by atoms with Crippen LogP contribution in [0.15, 0.2) is 97.1 Å². The second kappa shape index (κ2) is 8.12. The minimum absolute atomic E-state index is 0.498. The van der Waals surface area contributed by atoms with Gasteiger partial charge in [0, 0.05) is 37.3 Å². The molecule has 192 valence electrons. The quantitative estimate of drug-likeness (QED) is 0.226. The number of allylic oxidation sites excluding steroid dienone is 7. The molecule has 0 saturated heterocycles. The lowest BCUT2D eigenvalue weighted by atomic mass is 9.76. The maximum Gasteiger partial charge on any atom is 0.0430 e. The van der Waals surface area contributed by atoms with Gasteiger partial charge in [0.2, 0.25) is 0 Å². The van der Waals surface area contributed by atoms with Gasteiger partial charge >= 0.3 is 0 Å². The Morgan fingerprint density at radius 2 is 1.77 bits per heavy atom. The average molecular weight is 549 g/mol. The van der Waals surface area contributed by atoms with Gasteiger partial charge in [-0.25, -0.2) is 0 Å². The molecule has 5 aliphatic carbocycles. The molecule has 0 nitrogen and oxygen atoms in total. The van der Waals surface area contributed by atoms with Crippen molar-refractivity contribution >= 4 is 55.5 Å². The first-order chi connectivity index (χ1) is 19.8. The van der Waals surface area contributed by atoms with Crippen molar-refractivity contribution in [1.29, 1.82) is 0 Å². The van der Waals surface area contributed by atoms with Crippen LogP contribution in [0.5, 0.6) is 0 Å². The summed E-state index contributed by atoms with van der Waals surface area (Å²) in [4.78, 5) is 4.50. The van der Waals surface area contributed by atoms with E-state index in [1.54, 1.807) is 32.7 Å². The van der Waals surface area contributed by atoms with Crippen LogP contribution >= 0.6 is 23.1 Å². The molecule has 4 aromatic rings. The molecule has 0 spiro atoms. The normalized spacial score (nSPS) is 26.5. The van der Waals surface area contributed by atoms with Gasteiger partial charge < -0.3 is 0 Å². The lowest BCUT2D eigenvalue weighted by molar-refractivity contribution is 0.508. The van der Waals surface area contributed by atoms with Gasteiger partial charge in [0.25, 0.3) is 0 Å². The monoisotopic (exact) mass is 548 g/mol. The predicted molar refractivity (Wildman–Crippen MR) is 173 cm³/mol. The van der Waals surface area contributed by atoms with Gasteiger partial charge in [0.05, 0.1) is 0 Å². The summed E-state index contributed by atoms with van der Waals surface area (Å²) in [5, 5.41) is 6.49. The van der Waals surface area contributed by atoms with Crippen LogP contribution in [0.25, 0.3) is 42.8 Å². The molecule has 4 unspecified atom stereocenters.